The van der Waals surface area contributed by atoms with Crippen LogP contribution in [0.2, 0.25) is 0 Å². The molecule has 0 spiro atoms. The molecule has 0 saturated carbocycles. The van der Waals surface area contributed by atoms with Crippen LogP contribution in [0, 0.1) is 25.2 Å². The summed E-state index contributed by atoms with van der Waals surface area (Å²) < 4.78 is 0. The van der Waals surface area contributed by atoms with E-state index in [1.54, 1.807) is 0 Å². The largest absolute Gasteiger partial charge is 0.325 e. The fraction of sp³-hybridized carbons (Fsp3) is 0.138. The molecule has 0 fully saturated rings. The van der Waals surface area contributed by atoms with Crippen molar-refractivity contribution in [3.8, 4) is 28.5 Å². The van der Waals surface area contributed by atoms with Crippen molar-refractivity contribution in [1.82, 2.24) is 4.98 Å². The number of benzene rings is 3. The van der Waals surface area contributed by atoms with Crippen molar-refractivity contribution in [1.29, 1.82) is 5.26 Å². The van der Waals surface area contributed by atoms with E-state index in [1.165, 1.54) is 11.8 Å². The Balaban J connectivity index is 1.72. The minimum absolute atomic E-state index is 0.137. The number of aryl methyl sites for hydroxylation is 2. The summed E-state index contributed by atoms with van der Waals surface area (Å²) >= 11 is 1.30. The summed E-state index contributed by atoms with van der Waals surface area (Å²) in [6.45, 7) is 5.87. The summed E-state index contributed by atoms with van der Waals surface area (Å²) in [6.07, 6.45) is 0. The van der Waals surface area contributed by atoms with Gasteiger partial charge in [0, 0.05) is 16.8 Å². The molecule has 5 heteroatoms. The van der Waals surface area contributed by atoms with Crippen LogP contribution in [-0.4, -0.2) is 16.1 Å². The predicted octanol–water partition coefficient (Wildman–Crippen LogP) is 7.02. The number of hydrogen-bond donors (Lipinski definition) is 1. The van der Waals surface area contributed by atoms with Crippen molar-refractivity contribution in [2.75, 3.05) is 5.32 Å². The summed E-state index contributed by atoms with van der Waals surface area (Å²) in [6, 6.07) is 30.0. The maximum Gasteiger partial charge on any atom is 0.237 e. The second-order valence-electron chi connectivity index (χ2n) is 8.19. The van der Waals surface area contributed by atoms with E-state index >= 15 is 0 Å². The van der Waals surface area contributed by atoms with Gasteiger partial charge in [0.05, 0.1) is 16.5 Å². The number of nitrogens with one attached hydrogen (secondary N) is 1. The molecule has 0 unspecified atom stereocenters. The van der Waals surface area contributed by atoms with E-state index < -0.39 is 5.25 Å². The molecule has 0 bridgehead atoms. The van der Waals surface area contributed by atoms with Crippen LogP contribution in [0.15, 0.2) is 90.0 Å². The number of nitrogens with zero attached hydrogens (tertiary/aromatic N) is 2. The number of hydrogen-bond acceptors (Lipinski definition) is 4. The summed E-state index contributed by atoms with van der Waals surface area (Å²) in [7, 11) is 0. The lowest BCUT2D eigenvalue weighted by Gasteiger charge is -2.16. The molecule has 0 saturated heterocycles. The molecule has 1 N–H and O–H groups in total. The van der Waals surface area contributed by atoms with Crippen molar-refractivity contribution in [3.05, 3.63) is 102 Å². The van der Waals surface area contributed by atoms with E-state index in [0.717, 1.165) is 39.2 Å². The number of pyridine rings is 1. The third-order valence-corrected chi connectivity index (χ3v) is 6.59. The lowest BCUT2D eigenvalue weighted by molar-refractivity contribution is -0.115. The van der Waals surface area contributed by atoms with Gasteiger partial charge >= 0.3 is 0 Å². The van der Waals surface area contributed by atoms with Gasteiger partial charge in [0.1, 0.15) is 11.1 Å². The van der Waals surface area contributed by atoms with Crippen LogP contribution in [0.4, 0.5) is 5.69 Å². The molecule has 0 aliphatic carbocycles. The van der Waals surface area contributed by atoms with Crippen molar-refractivity contribution in [2.24, 2.45) is 0 Å². The zero-order chi connectivity index (χ0) is 24.1. The molecule has 4 nitrogen and oxygen atoms in total. The number of rotatable bonds is 6. The fourth-order valence-electron chi connectivity index (χ4n) is 3.53. The van der Waals surface area contributed by atoms with Gasteiger partial charge in [0.2, 0.25) is 5.91 Å². The molecule has 1 atom stereocenters. The van der Waals surface area contributed by atoms with Gasteiger partial charge in [-0.1, -0.05) is 89.6 Å². The van der Waals surface area contributed by atoms with Crippen LogP contribution in [0.25, 0.3) is 22.4 Å². The third-order valence-electron chi connectivity index (χ3n) is 5.51. The van der Waals surface area contributed by atoms with Crippen molar-refractivity contribution in [3.63, 3.8) is 0 Å². The maximum absolute atomic E-state index is 12.9. The lowest BCUT2D eigenvalue weighted by Crippen LogP contribution is -2.22. The highest BCUT2D eigenvalue weighted by molar-refractivity contribution is 8.00. The fourth-order valence-corrected chi connectivity index (χ4v) is 4.46. The van der Waals surface area contributed by atoms with E-state index in [1.807, 2.05) is 106 Å². The number of carbonyl (C=O) groups excluding carboxylic acids is 1. The van der Waals surface area contributed by atoms with Crippen LogP contribution in [-0.2, 0) is 4.79 Å². The highest BCUT2D eigenvalue weighted by Gasteiger charge is 2.21. The van der Waals surface area contributed by atoms with Crippen LogP contribution >= 0.6 is 11.8 Å². The first-order valence-corrected chi connectivity index (χ1v) is 11.9. The first-order chi connectivity index (χ1) is 16.4. The van der Waals surface area contributed by atoms with Gasteiger partial charge in [-0.05, 0) is 44.5 Å². The summed E-state index contributed by atoms with van der Waals surface area (Å²) in [5, 5.41) is 13.1. The van der Waals surface area contributed by atoms with Gasteiger partial charge in [-0.2, -0.15) is 5.26 Å². The zero-order valence-electron chi connectivity index (χ0n) is 19.4. The minimum atomic E-state index is -0.446. The Labute approximate surface area is 204 Å². The van der Waals surface area contributed by atoms with Gasteiger partial charge < -0.3 is 5.32 Å². The van der Waals surface area contributed by atoms with Gasteiger partial charge in [0.25, 0.3) is 0 Å². The molecule has 1 amide bonds. The normalized spacial score (nSPS) is 11.5. The highest BCUT2D eigenvalue weighted by atomic mass is 32.2. The number of carbonyl (C=O) groups is 1. The van der Waals surface area contributed by atoms with Crippen molar-refractivity contribution >= 4 is 23.4 Å². The van der Waals surface area contributed by atoms with E-state index in [-0.39, 0.29) is 5.91 Å². The maximum atomic E-state index is 12.9. The second-order valence-corrected chi connectivity index (χ2v) is 9.52. The second kappa shape index (κ2) is 10.4. The van der Waals surface area contributed by atoms with Crippen LogP contribution in [0.1, 0.15) is 23.6 Å². The Bertz CT molecular complexity index is 1340. The smallest absolute Gasteiger partial charge is 0.237 e. The SMILES string of the molecule is Cc1ccc(NC(=O)[C@@H](C)Sc2nc(-c3ccccc3)cc(-c3ccc(C)cc3)c2C#N)cc1. The molecule has 4 rings (SSSR count). The number of anilines is 1. The average molecular weight is 464 g/mol. The molecule has 0 aliphatic rings. The van der Waals surface area contributed by atoms with E-state index in [2.05, 4.69) is 11.4 Å². The molecule has 1 heterocycles. The first-order valence-electron chi connectivity index (χ1n) is 11.1. The van der Waals surface area contributed by atoms with Crippen LogP contribution in [0.3, 0.4) is 0 Å². The monoisotopic (exact) mass is 463 g/mol. The molecule has 34 heavy (non-hydrogen) atoms. The zero-order valence-corrected chi connectivity index (χ0v) is 20.2. The van der Waals surface area contributed by atoms with E-state index in [0.29, 0.717) is 10.6 Å². The molecule has 3 aromatic carbocycles. The molecule has 168 valence electrons. The van der Waals surface area contributed by atoms with E-state index in [4.69, 9.17) is 4.98 Å². The topological polar surface area (TPSA) is 65.8 Å². The van der Waals surface area contributed by atoms with Gasteiger partial charge in [-0.25, -0.2) is 4.98 Å². The molecule has 0 radical (unpaired) electrons. The van der Waals surface area contributed by atoms with Gasteiger partial charge in [-0.3, -0.25) is 4.79 Å². The number of aromatic nitrogens is 1. The van der Waals surface area contributed by atoms with Crippen LogP contribution in [0.5, 0.6) is 0 Å². The molecular weight excluding hydrogens is 438 g/mol. The van der Waals surface area contributed by atoms with Crippen LogP contribution < -0.4 is 5.32 Å². The highest BCUT2D eigenvalue weighted by Crippen LogP contribution is 2.36. The summed E-state index contributed by atoms with van der Waals surface area (Å²) in [4.78, 5) is 17.7. The van der Waals surface area contributed by atoms with E-state index in [9.17, 15) is 10.1 Å². The molecule has 0 aliphatic heterocycles. The Hall–Kier alpha value is -3.88. The van der Waals surface area contributed by atoms with Gasteiger partial charge in [-0.15, -0.1) is 0 Å². The number of nitriles is 1. The third kappa shape index (κ3) is 5.36. The number of thioether (sulfide) groups is 1. The molecule has 4 aromatic rings. The standard InChI is InChI=1S/C29H25N3OS/c1-19-9-13-22(14-10-19)25-17-27(23-7-5-4-6-8-23)32-29(26(25)18-30)34-21(3)28(33)31-24-15-11-20(2)12-16-24/h4-17,21H,1-3H3,(H,31,33)/t21-/m1/s1. The minimum Gasteiger partial charge on any atom is -0.325 e. The quantitative estimate of drug-likeness (QED) is 0.312. The van der Waals surface area contributed by atoms with Crippen molar-refractivity contribution < 1.29 is 4.79 Å². The Morgan fingerprint density at radius 2 is 1.53 bits per heavy atom. The summed E-state index contributed by atoms with van der Waals surface area (Å²) in [5.41, 5.74) is 6.98. The first kappa shape index (κ1) is 23.3. The number of amides is 1. The van der Waals surface area contributed by atoms with Crippen molar-refractivity contribution in [2.45, 2.75) is 31.0 Å². The lowest BCUT2D eigenvalue weighted by atomic mass is 9.98. The Kier molecular flexibility index (Phi) is 7.10. The average Bonchev–Trinajstić information content (AvgIpc) is 2.86. The summed E-state index contributed by atoms with van der Waals surface area (Å²) in [5.74, 6) is -0.137. The molecular formula is C29H25N3OS. The Morgan fingerprint density at radius 3 is 2.15 bits per heavy atom. The van der Waals surface area contributed by atoms with Gasteiger partial charge in [0.15, 0.2) is 0 Å². The molecule has 1 aromatic heterocycles. The predicted molar refractivity (Wildman–Crippen MR) is 140 cm³/mol. The Morgan fingerprint density at radius 1 is 0.912 bits per heavy atom.